The zero-order valence-corrected chi connectivity index (χ0v) is 11.5. The number of hydrogen-bond acceptors (Lipinski definition) is 2. The van der Waals surface area contributed by atoms with E-state index in [1.165, 1.54) is 32.1 Å². The van der Waals surface area contributed by atoms with E-state index in [1.54, 1.807) is 0 Å². The van der Waals surface area contributed by atoms with Gasteiger partial charge in [-0.3, -0.25) is 9.59 Å². The SMILES string of the molecule is CCCNC(=O)CNC(=O)CCC1CCCCC1. The summed E-state index contributed by atoms with van der Waals surface area (Å²) in [4.78, 5) is 22.9. The van der Waals surface area contributed by atoms with Crippen LogP contribution >= 0.6 is 0 Å². The first-order valence-electron chi connectivity index (χ1n) is 7.25. The monoisotopic (exact) mass is 254 g/mol. The molecule has 1 aliphatic carbocycles. The van der Waals surface area contributed by atoms with Gasteiger partial charge in [0.25, 0.3) is 0 Å². The molecule has 0 unspecified atom stereocenters. The van der Waals surface area contributed by atoms with Crippen LogP contribution in [0.2, 0.25) is 0 Å². The summed E-state index contributed by atoms with van der Waals surface area (Å²) >= 11 is 0. The Hall–Kier alpha value is -1.06. The van der Waals surface area contributed by atoms with Crippen LogP contribution in [0.4, 0.5) is 0 Å². The van der Waals surface area contributed by atoms with Crippen molar-refractivity contribution in [2.24, 2.45) is 5.92 Å². The Balaban J connectivity index is 2.04. The van der Waals surface area contributed by atoms with E-state index >= 15 is 0 Å². The van der Waals surface area contributed by atoms with E-state index in [1.807, 2.05) is 6.92 Å². The molecule has 0 saturated heterocycles. The summed E-state index contributed by atoms with van der Waals surface area (Å²) in [6, 6.07) is 0. The van der Waals surface area contributed by atoms with Crippen LogP contribution in [0.1, 0.15) is 58.3 Å². The normalized spacial score (nSPS) is 16.3. The Bertz CT molecular complexity index is 261. The van der Waals surface area contributed by atoms with Gasteiger partial charge in [0.2, 0.25) is 11.8 Å². The van der Waals surface area contributed by atoms with E-state index in [-0.39, 0.29) is 18.4 Å². The fraction of sp³-hybridized carbons (Fsp3) is 0.857. The second-order valence-electron chi connectivity index (χ2n) is 5.17. The molecule has 0 bridgehead atoms. The van der Waals surface area contributed by atoms with Gasteiger partial charge in [-0.25, -0.2) is 0 Å². The van der Waals surface area contributed by atoms with Crippen molar-refractivity contribution in [3.63, 3.8) is 0 Å². The van der Waals surface area contributed by atoms with Crippen molar-refractivity contribution in [1.82, 2.24) is 10.6 Å². The smallest absolute Gasteiger partial charge is 0.239 e. The van der Waals surface area contributed by atoms with E-state index in [9.17, 15) is 9.59 Å². The van der Waals surface area contributed by atoms with Crippen molar-refractivity contribution in [2.75, 3.05) is 13.1 Å². The Morgan fingerprint density at radius 3 is 2.44 bits per heavy atom. The Kier molecular flexibility index (Phi) is 7.46. The van der Waals surface area contributed by atoms with Crippen LogP contribution in [-0.2, 0) is 9.59 Å². The van der Waals surface area contributed by atoms with E-state index in [0.717, 1.165) is 18.8 Å². The molecule has 1 rings (SSSR count). The number of carbonyl (C=O) groups excluding carboxylic acids is 2. The Labute approximate surface area is 110 Å². The number of carbonyl (C=O) groups is 2. The molecule has 104 valence electrons. The van der Waals surface area contributed by atoms with Gasteiger partial charge in [0, 0.05) is 13.0 Å². The van der Waals surface area contributed by atoms with Gasteiger partial charge >= 0.3 is 0 Å². The number of hydrogen-bond donors (Lipinski definition) is 2. The maximum absolute atomic E-state index is 11.6. The topological polar surface area (TPSA) is 58.2 Å². The molecule has 1 saturated carbocycles. The molecule has 0 radical (unpaired) electrons. The first-order valence-corrected chi connectivity index (χ1v) is 7.25. The largest absolute Gasteiger partial charge is 0.355 e. The minimum absolute atomic E-state index is 0.00669. The zero-order chi connectivity index (χ0) is 13.2. The lowest BCUT2D eigenvalue weighted by molar-refractivity contribution is -0.126. The van der Waals surface area contributed by atoms with Crippen LogP contribution in [0.25, 0.3) is 0 Å². The highest BCUT2D eigenvalue weighted by Gasteiger charge is 2.14. The van der Waals surface area contributed by atoms with Crippen LogP contribution in [0, 0.1) is 5.92 Å². The van der Waals surface area contributed by atoms with Gasteiger partial charge < -0.3 is 10.6 Å². The maximum atomic E-state index is 11.6. The lowest BCUT2D eigenvalue weighted by Crippen LogP contribution is -2.37. The molecule has 0 aromatic heterocycles. The minimum Gasteiger partial charge on any atom is -0.355 e. The first kappa shape index (κ1) is 15.0. The highest BCUT2D eigenvalue weighted by atomic mass is 16.2. The molecule has 4 nitrogen and oxygen atoms in total. The molecule has 2 amide bonds. The molecule has 0 atom stereocenters. The zero-order valence-electron chi connectivity index (χ0n) is 11.5. The fourth-order valence-electron chi connectivity index (χ4n) is 2.41. The van der Waals surface area contributed by atoms with E-state index in [2.05, 4.69) is 10.6 Å². The highest BCUT2D eigenvalue weighted by Crippen LogP contribution is 2.27. The van der Waals surface area contributed by atoms with Crippen molar-refractivity contribution >= 4 is 11.8 Å². The Morgan fingerprint density at radius 1 is 1.06 bits per heavy atom. The van der Waals surface area contributed by atoms with Crippen molar-refractivity contribution in [2.45, 2.75) is 58.3 Å². The van der Waals surface area contributed by atoms with Gasteiger partial charge in [-0.2, -0.15) is 0 Å². The number of rotatable bonds is 7. The molecule has 18 heavy (non-hydrogen) atoms. The molecule has 0 heterocycles. The Morgan fingerprint density at radius 2 is 1.78 bits per heavy atom. The summed E-state index contributed by atoms with van der Waals surface area (Å²) in [6.07, 6.45) is 8.96. The summed E-state index contributed by atoms with van der Waals surface area (Å²) in [5.74, 6) is 0.633. The van der Waals surface area contributed by atoms with Gasteiger partial charge in [-0.1, -0.05) is 39.0 Å². The molecule has 0 spiro atoms. The van der Waals surface area contributed by atoms with Crippen molar-refractivity contribution < 1.29 is 9.59 Å². The predicted molar refractivity (Wildman–Crippen MR) is 72.1 cm³/mol. The van der Waals surface area contributed by atoms with Crippen molar-refractivity contribution in [3.05, 3.63) is 0 Å². The van der Waals surface area contributed by atoms with Crippen LogP contribution in [0.5, 0.6) is 0 Å². The van der Waals surface area contributed by atoms with Crippen molar-refractivity contribution in [3.8, 4) is 0 Å². The third-order valence-electron chi connectivity index (χ3n) is 3.52. The lowest BCUT2D eigenvalue weighted by atomic mass is 9.86. The fourth-order valence-corrected chi connectivity index (χ4v) is 2.41. The predicted octanol–water partition coefficient (Wildman–Crippen LogP) is 1.99. The minimum atomic E-state index is -0.0946. The molecular formula is C14H26N2O2. The van der Waals surface area contributed by atoms with Crippen LogP contribution < -0.4 is 10.6 Å². The molecule has 0 aromatic carbocycles. The van der Waals surface area contributed by atoms with E-state index in [0.29, 0.717) is 13.0 Å². The van der Waals surface area contributed by atoms with Crippen LogP contribution in [0.15, 0.2) is 0 Å². The van der Waals surface area contributed by atoms with E-state index < -0.39 is 0 Å². The molecule has 4 heteroatoms. The lowest BCUT2D eigenvalue weighted by Gasteiger charge is -2.20. The summed E-state index contributed by atoms with van der Waals surface area (Å²) in [6.45, 7) is 2.79. The van der Waals surface area contributed by atoms with Crippen LogP contribution in [0.3, 0.4) is 0 Å². The summed E-state index contributed by atoms with van der Waals surface area (Å²) < 4.78 is 0. The van der Waals surface area contributed by atoms with Gasteiger partial charge in [-0.05, 0) is 18.8 Å². The first-order chi connectivity index (χ1) is 8.72. The molecule has 0 aromatic rings. The van der Waals surface area contributed by atoms with Gasteiger partial charge in [0.1, 0.15) is 0 Å². The standard InChI is InChI=1S/C14H26N2O2/c1-2-10-15-14(18)11-16-13(17)9-8-12-6-4-3-5-7-12/h12H,2-11H2,1H3,(H,15,18)(H,16,17). The number of amides is 2. The quantitative estimate of drug-likeness (QED) is 0.730. The molecule has 1 fully saturated rings. The summed E-state index contributed by atoms with van der Waals surface area (Å²) in [7, 11) is 0. The molecular weight excluding hydrogens is 228 g/mol. The van der Waals surface area contributed by atoms with Crippen LogP contribution in [-0.4, -0.2) is 24.9 Å². The van der Waals surface area contributed by atoms with Crippen molar-refractivity contribution in [1.29, 1.82) is 0 Å². The van der Waals surface area contributed by atoms with Gasteiger partial charge in [0.05, 0.1) is 6.54 Å². The maximum Gasteiger partial charge on any atom is 0.239 e. The molecule has 0 aliphatic heterocycles. The summed E-state index contributed by atoms with van der Waals surface area (Å²) in [5.41, 5.74) is 0. The second-order valence-corrected chi connectivity index (χ2v) is 5.17. The average Bonchev–Trinajstić information content (AvgIpc) is 2.41. The third kappa shape index (κ3) is 6.62. The van der Waals surface area contributed by atoms with Gasteiger partial charge in [0.15, 0.2) is 0 Å². The summed E-state index contributed by atoms with van der Waals surface area (Å²) in [5, 5.41) is 5.42. The van der Waals surface area contributed by atoms with Gasteiger partial charge in [-0.15, -0.1) is 0 Å². The average molecular weight is 254 g/mol. The molecule has 2 N–H and O–H groups in total. The second kappa shape index (κ2) is 8.95. The third-order valence-corrected chi connectivity index (χ3v) is 3.52. The van der Waals surface area contributed by atoms with E-state index in [4.69, 9.17) is 0 Å². The molecule has 1 aliphatic rings. The highest BCUT2D eigenvalue weighted by molar-refractivity contribution is 5.84. The number of nitrogens with one attached hydrogen (secondary N) is 2.